The molecule has 0 aliphatic carbocycles. The van der Waals surface area contributed by atoms with Crippen molar-refractivity contribution in [2.75, 3.05) is 26.7 Å². The number of piperidine rings is 1. The van der Waals surface area contributed by atoms with E-state index in [0.29, 0.717) is 41.5 Å². The predicted molar refractivity (Wildman–Crippen MR) is 107 cm³/mol. The normalized spacial score (nSPS) is 15.5. The Labute approximate surface area is 165 Å². The predicted octanol–water partition coefficient (Wildman–Crippen LogP) is 4.50. The summed E-state index contributed by atoms with van der Waals surface area (Å²) in [6.07, 6.45) is 6.68. The number of nitrogens with zero attached hydrogens (tertiary/aromatic N) is 2. The Morgan fingerprint density at radius 3 is 2.42 bits per heavy atom. The van der Waals surface area contributed by atoms with Gasteiger partial charge in [0, 0.05) is 54.3 Å². The molecule has 1 fully saturated rings. The highest BCUT2D eigenvalue weighted by atomic mass is 35.5. The Balaban J connectivity index is 1.88. The number of hydrogen-bond donors (Lipinski definition) is 0. The minimum atomic E-state index is -0.0776. The van der Waals surface area contributed by atoms with Crippen LogP contribution in [-0.2, 0) is 9.59 Å². The zero-order valence-electron chi connectivity index (χ0n) is 15.4. The molecule has 4 nitrogen and oxygen atoms in total. The molecule has 6 heteroatoms. The van der Waals surface area contributed by atoms with E-state index in [-0.39, 0.29) is 17.7 Å². The first-order valence-electron chi connectivity index (χ1n) is 9.10. The van der Waals surface area contributed by atoms with E-state index in [0.717, 1.165) is 19.4 Å². The fraction of sp³-hybridized carbons (Fsp3) is 0.500. The number of halogens is 2. The molecule has 0 spiro atoms. The van der Waals surface area contributed by atoms with Gasteiger partial charge in [-0.05, 0) is 37.5 Å². The second kappa shape index (κ2) is 9.98. The maximum Gasteiger partial charge on any atom is 0.246 e. The van der Waals surface area contributed by atoms with Crippen LogP contribution in [0.15, 0.2) is 24.3 Å². The Morgan fingerprint density at radius 1 is 1.23 bits per heavy atom. The summed E-state index contributed by atoms with van der Waals surface area (Å²) in [6.45, 7) is 4.11. The molecule has 26 heavy (non-hydrogen) atoms. The van der Waals surface area contributed by atoms with Gasteiger partial charge in [-0.3, -0.25) is 9.59 Å². The van der Waals surface area contributed by atoms with E-state index in [9.17, 15) is 9.59 Å². The molecule has 2 amide bonds. The Morgan fingerprint density at radius 2 is 1.85 bits per heavy atom. The summed E-state index contributed by atoms with van der Waals surface area (Å²) < 4.78 is 0. The molecule has 0 aromatic heterocycles. The molecule has 1 aromatic rings. The van der Waals surface area contributed by atoms with Gasteiger partial charge < -0.3 is 9.80 Å². The van der Waals surface area contributed by atoms with Gasteiger partial charge in [0.25, 0.3) is 0 Å². The molecule has 0 radical (unpaired) electrons. The first-order chi connectivity index (χ1) is 12.4. The third-order valence-electron chi connectivity index (χ3n) is 4.77. The first kappa shape index (κ1) is 20.8. The van der Waals surface area contributed by atoms with Crippen LogP contribution in [0.25, 0.3) is 6.08 Å². The molecule has 0 saturated carbocycles. The second-order valence-electron chi connectivity index (χ2n) is 6.68. The second-order valence-corrected chi connectivity index (χ2v) is 7.50. The maximum absolute atomic E-state index is 12.4. The minimum absolute atomic E-state index is 0.0166. The van der Waals surface area contributed by atoms with Gasteiger partial charge in [0.15, 0.2) is 0 Å². The summed E-state index contributed by atoms with van der Waals surface area (Å²) in [6, 6.07) is 5.25. The van der Waals surface area contributed by atoms with Crippen molar-refractivity contribution in [3.63, 3.8) is 0 Å². The number of likely N-dealkylation sites (tertiary alicyclic amines) is 1. The highest BCUT2D eigenvalue weighted by Crippen LogP contribution is 2.26. The lowest BCUT2D eigenvalue weighted by atomic mass is 9.95. The number of rotatable bonds is 6. The van der Waals surface area contributed by atoms with Crippen LogP contribution in [0.3, 0.4) is 0 Å². The van der Waals surface area contributed by atoms with E-state index in [2.05, 4.69) is 6.92 Å². The van der Waals surface area contributed by atoms with E-state index in [4.69, 9.17) is 23.2 Å². The lowest BCUT2D eigenvalue weighted by Crippen LogP contribution is -2.43. The fourth-order valence-corrected chi connectivity index (χ4v) is 3.62. The smallest absolute Gasteiger partial charge is 0.246 e. The minimum Gasteiger partial charge on any atom is -0.346 e. The van der Waals surface area contributed by atoms with Crippen molar-refractivity contribution in [1.82, 2.24) is 9.80 Å². The van der Waals surface area contributed by atoms with Gasteiger partial charge in [-0.2, -0.15) is 0 Å². The van der Waals surface area contributed by atoms with Crippen LogP contribution < -0.4 is 0 Å². The van der Waals surface area contributed by atoms with Crippen molar-refractivity contribution in [2.45, 2.75) is 32.6 Å². The molecule has 0 unspecified atom stereocenters. The molecule has 1 aliphatic rings. The highest BCUT2D eigenvalue weighted by molar-refractivity contribution is 6.37. The highest BCUT2D eigenvalue weighted by Gasteiger charge is 2.28. The molecule has 1 heterocycles. The largest absolute Gasteiger partial charge is 0.346 e. The third-order valence-corrected chi connectivity index (χ3v) is 5.43. The number of hydrogen-bond acceptors (Lipinski definition) is 2. The SMILES string of the molecule is CCCCN(C)C(=O)C1CCN(C(=O)C=Cc2c(Cl)cccc2Cl)CC1. The number of amides is 2. The van der Waals surface area contributed by atoms with Crippen molar-refractivity contribution >= 4 is 41.1 Å². The molecule has 0 bridgehead atoms. The van der Waals surface area contributed by atoms with Gasteiger partial charge >= 0.3 is 0 Å². The fourth-order valence-electron chi connectivity index (χ4n) is 3.09. The Kier molecular flexibility index (Phi) is 7.98. The zero-order chi connectivity index (χ0) is 19.1. The number of carbonyl (C=O) groups excluding carboxylic acids is 2. The van der Waals surface area contributed by atoms with Crippen molar-refractivity contribution in [3.8, 4) is 0 Å². The van der Waals surface area contributed by atoms with Crippen LogP contribution in [0.2, 0.25) is 10.0 Å². The maximum atomic E-state index is 12.4. The number of unbranched alkanes of at least 4 members (excludes halogenated alkanes) is 1. The Hall–Kier alpha value is -1.52. The molecule has 142 valence electrons. The summed E-state index contributed by atoms with van der Waals surface area (Å²) in [5, 5.41) is 1.03. The van der Waals surface area contributed by atoms with E-state index in [1.165, 1.54) is 6.08 Å². The molecular formula is C20H26Cl2N2O2. The van der Waals surface area contributed by atoms with E-state index < -0.39 is 0 Å². The van der Waals surface area contributed by atoms with Crippen molar-refractivity contribution in [2.24, 2.45) is 5.92 Å². The van der Waals surface area contributed by atoms with Crippen LogP contribution in [0.5, 0.6) is 0 Å². The van der Waals surface area contributed by atoms with Gasteiger partial charge in [-0.15, -0.1) is 0 Å². The van der Waals surface area contributed by atoms with Crippen LogP contribution in [0.1, 0.15) is 38.2 Å². The van der Waals surface area contributed by atoms with Crippen LogP contribution in [0.4, 0.5) is 0 Å². The summed E-state index contributed by atoms with van der Waals surface area (Å²) in [5.41, 5.74) is 0.645. The lowest BCUT2D eigenvalue weighted by molar-refractivity contribution is -0.138. The van der Waals surface area contributed by atoms with Crippen molar-refractivity contribution < 1.29 is 9.59 Å². The molecule has 0 N–H and O–H groups in total. The summed E-state index contributed by atoms with van der Waals surface area (Å²) >= 11 is 12.2. The van der Waals surface area contributed by atoms with Crippen LogP contribution in [0, 0.1) is 5.92 Å². The molecule has 1 saturated heterocycles. The van der Waals surface area contributed by atoms with Gasteiger partial charge in [0.1, 0.15) is 0 Å². The molecular weight excluding hydrogens is 371 g/mol. The number of benzene rings is 1. The third kappa shape index (κ3) is 5.49. The zero-order valence-corrected chi connectivity index (χ0v) is 16.9. The van der Waals surface area contributed by atoms with Gasteiger partial charge in [-0.1, -0.05) is 42.6 Å². The summed E-state index contributed by atoms with van der Waals surface area (Å²) in [5.74, 6) is 0.137. The molecule has 0 atom stereocenters. The lowest BCUT2D eigenvalue weighted by Gasteiger charge is -2.32. The Bertz CT molecular complexity index is 648. The molecule has 1 aromatic carbocycles. The monoisotopic (exact) mass is 396 g/mol. The summed E-state index contributed by atoms with van der Waals surface area (Å²) in [7, 11) is 1.87. The van der Waals surface area contributed by atoms with Crippen molar-refractivity contribution in [1.29, 1.82) is 0 Å². The van der Waals surface area contributed by atoms with E-state index in [1.807, 2.05) is 11.9 Å². The average Bonchev–Trinajstić information content (AvgIpc) is 2.65. The van der Waals surface area contributed by atoms with Gasteiger partial charge in [-0.25, -0.2) is 0 Å². The van der Waals surface area contributed by atoms with Gasteiger partial charge in [0.05, 0.1) is 0 Å². The van der Waals surface area contributed by atoms with Crippen LogP contribution in [-0.4, -0.2) is 48.3 Å². The molecule has 2 rings (SSSR count). The summed E-state index contributed by atoms with van der Waals surface area (Å²) in [4.78, 5) is 28.4. The topological polar surface area (TPSA) is 40.6 Å². The van der Waals surface area contributed by atoms with Gasteiger partial charge in [0.2, 0.25) is 11.8 Å². The van der Waals surface area contributed by atoms with Crippen LogP contribution >= 0.6 is 23.2 Å². The quantitative estimate of drug-likeness (QED) is 0.663. The standard InChI is InChI=1S/C20H26Cl2N2O2/c1-3-4-12-23(2)20(26)15-10-13-24(14-11-15)19(25)9-8-16-17(21)6-5-7-18(16)22/h5-9,15H,3-4,10-14H2,1-2H3. The van der Waals surface area contributed by atoms with E-state index in [1.54, 1.807) is 29.2 Å². The number of carbonyl (C=O) groups is 2. The first-order valence-corrected chi connectivity index (χ1v) is 9.85. The van der Waals surface area contributed by atoms with Crippen molar-refractivity contribution in [3.05, 3.63) is 39.9 Å². The average molecular weight is 397 g/mol. The molecule has 1 aliphatic heterocycles. The van der Waals surface area contributed by atoms with E-state index >= 15 is 0 Å².